The summed E-state index contributed by atoms with van der Waals surface area (Å²) in [5.41, 5.74) is 7.49. The Morgan fingerprint density at radius 3 is 2.67 bits per heavy atom. The highest BCUT2D eigenvalue weighted by Gasteiger charge is 2.06. The third kappa shape index (κ3) is 2.87. The number of halogens is 1. The molecule has 0 aromatic heterocycles. The van der Waals surface area contributed by atoms with Crippen LogP contribution in [0.4, 0.5) is 4.39 Å². The third-order valence-corrected chi connectivity index (χ3v) is 2.76. The van der Waals surface area contributed by atoms with Crippen molar-refractivity contribution >= 4 is 0 Å². The van der Waals surface area contributed by atoms with Crippen molar-refractivity contribution < 1.29 is 9.13 Å². The molecule has 3 heteroatoms. The molecule has 2 aromatic rings. The summed E-state index contributed by atoms with van der Waals surface area (Å²) in [5.74, 6) is 0.975. The van der Waals surface area contributed by atoms with E-state index in [-0.39, 0.29) is 5.82 Å². The first-order chi connectivity index (χ1) is 8.70. The molecule has 0 fully saturated rings. The number of nitrogens with two attached hydrogens (primary N) is 1. The van der Waals surface area contributed by atoms with Crippen LogP contribution in [0.5, 0.6) is 11.5 Å². The van der Waals surface area contributed by atoms with Crippen LogP contribution >= 0.6 is 0 Å². The summed E-state index contributed by atoms with van der Waals surface area (Å²) < 4.78 is 19.0. The summed E-state index contributed by atoms with van der Waals surface area (Å²) in [6.07, 6.45) is 0.741. The van der Waals surface area contributed by atoms with Gasteiger partial charge in [-0.2, -0.15) is 0 Å². The van der Waals surface area contributed by atoms with E-state index in [1.54, 1.807) is 6.07 Å². The Hall–Kier alpha value is -1.87. The van der Waals surface area contributed by atoms with Crippen molar-refractivity contribution in [3.63, 3.8) is 0 Å². The lowest BCUT2D eigenvalue weighted by atomic mass is 10.1. The maximum Gasteiger partial charge on any atom is 0.133 e. The number of benzene rings is 2. The van der Waals surface area contributed by atoms with Gasteiger partial charge in [0.1, 0.15) is 17.3 Å². The predicted molar refractivity (Wildman–Crippen MR) is 70.4 cm³/mol. The summed E-state index contributed by atoms with van der Waals surface area (Å²) in [6, 6.07) is 12.2. The van der Waals surface area contributed by atoms with Crippen LogP contribution in [0.3, 0.4) is 0 Å². The van der Waals surface area contributed by atoms with E-state index in [1.165, 1.54) is 12.1 Å². The molecule has 0 bridgehead atoms. The van der Waals surface area contributed by atoms with Crippen molar-refractivity contribution in [3.05, 3.63) is 59.4 Å². The standard InChI is InChI=1S/C15H16FNO/c1-11-6-7-13(16)10-15(11)18-14-5-3-2-4-12(14)8-9-17/h2-7,10H,8-9,17H2,1H3. The van der Waals surface area contributed by atoms with Gasteiger partial charge < -0.3 is 10.5 Å². The van der Waals surface area contributed by atoms with Gasteiger partial charge >= 0.3 is 0 Å². The minimum atomic E-state index is -0.299. The average Bonchev–Trinajstić information content (AvgIpc) is 2.36. The number of para-hydroxylation sites is 1. The predicted octanol–water partition coefficient (Wildman–Crippen LogP) is 3.43. The first-order valence-corrected chi connectivity index (χ1v) is 5.92. The fourth-order valence-corrected chi connectivity index (χ4v) is 1.77. The van der Waals surface area contributed by atoms with Crippen LogP contribution in [0.1, 0.15) is 11.1 Å². The van der Waals surface area contributed by atoms with E-state index in [2.05, 4.69) is 0 Å². The van der Waals surface area contributed by atoms with E-state index in [1.807, 2.05) is 31.2 Å². The molecule has 0 aliphatic heterocycles. The maximum absolute atomic E-state index is 13.2. The highest BCUT2D eigenvalue weighted by Crippen LogP contribution is 2.28. The van der Waals surface area contributed by atoms with Crippen molar-refractivity contribution in [3.8, 4) is 11.5 Å². The van der Waals surface area contributed by atoms with Gasteiger partial charge in [0, 0.05) is 6.07 Å². The molecule has 94 valence electrons. The summed E-state index contributed by atoms with van der Waals surface area (Å²) in [7, 11) is 0. The Kier molecular flexibility index (Phi) is 3.95. The molecule has 0 amide bonds. The number of rotatable bonds is 4. The minimum absolute atomic E-state index is 0.299. The monoisotopic (exact) mass is 245 g/mol. The lowest BCUT2D eigenvalue weighted by Gasteiger charge is -2.12. The van der Waals surface area contributed by atoms with Gasteiger partial charge in [-0.05, 0) is 43.1 Å². The molecule has 0 aliphatic rings. The minimum Gasteiger partial charge on any atom is -0.457 e. The molecule has 0 spiro atoms. The fourth-order valence-electron chi connectivity index (χ4n) is 1.77. The summed E-state index contributed by atoms with van der Waals surface area (Å²) in [5, 5.41) is 0. The van der Waals surface area contributed by atoms with Crippen LogP contribution in [0.2, 0.25) is 0 Å². The van der Waals surface area contributed by atoms with Gasteiger partial charge in [0.2, 0.25) is 0 Å². The molecule has 2 N–H and O–H groups in total. The molecule has 2 nitrogen and oxygen atoms in total. The zero-order valence-corrected chi connectivity index (χ0v) is 10.3. The topological polar surface area (TPSA) is 35.2 Å². The summed E-state index contributed by atoms with van der Waals surface area (Å²) in [4.78, 5) is 0. The second-order valence-electron chi connectivity index (χ2n) is 4.16. The molecule has 0 unspecified atom stereocenters. The first-order valence-electron chi connectivity index (χ1n) is 5.92. The van der Waals surface area contributed by atoms with Crippen LogP contribution < -0.4 is 10.5 Å². The quantitative estimate of drug-likeness (QED) is 0.895. The van der Waals surface area contributed by atoms with Crippen LogP contribution in [0.25, 0.3) is 0 Å². The zero-order valence-electron chi connectivity index (χ0n) is 10.3. The SMILES string of the molecule is Cc1ccc(F)cc1Oc1ccccc1CCN. The molecule has 0 aliphatic carbocycles. The third-order valence-electron chi connectivity index (χ3n) is 2.76. The second kappa shape index (κ2) is 5.65. The van der Waals surface area contributed by atoms with Gasteiger partial charge in [0.15, 0.2) is 0 Å². The molecular weight excluding hydrogens is 229 g/mol. The van der Waals surface area contributed by atoms with Crippen molar-refractivity contribution in [1.82, 2.24) is 0 Å². The number of aryl methyl sites for hydroxylation is 1. The van der Waals surface area contributed by atoms with E-state index in [9.17, 15) is 4.39 Å². The highest BCUT2D eigenvalue weighted by molar-refractivity contribution is 5.41. The maximum atomic E-state index is 13.2. The van der Waals surface area contributed by atoms with Gasteiger partial charge in [-0.15, -0.1) is 0 Å². The fraction of sp³-hybridized carbons (Fsp3) is 0.200. The second-order valence-corrected chi connectivity index (χ2v) is 4.16. The van der Waals surface area contributed by atoms with Crippen LogP contribution in [-0.2, 0) is 6.42 Å². The highest BCUT2D eigenvalue weighted by atomic mass is 19.1. The largest absolute Gasteiger partial charge is 0.457 e. The van der Waals surface area contributed by atoms with Crippen LogP contribution in [-0.4, -0.2) is 6.54 Å². The smallest absolute Gasteiger partial charge is 0.133 e. The number of hydrogen-bond acceptors (Lipinski definition) is 2. The number of ether oxygens (including phenoxy) is 1. The first kappa shape index (κ1) is 12.6. The van der Waals surface area contributed by atoms with E-state index in [0.717, 1.165) is 23.3 Å². The molecule has 0 saturated carbocycles. The lowest BCUT2D eigenvalue weighted by Crippen LogP contribution is -2.04. The van der Waals surface area contributed by atoms with Gasteiger partial charge in [0.05, 0.1) is 0 Å². The van der Waals surface area contributed by atoms with Crippen LogP contribution in [0, 0.1) is 12.7 Å². The van der Waals surface area contributed by atoms with E-state index >= 15 is 0 Å². The molecule has 0 atom stereocenters. The van der Waals surface area contributed by atoms with Crippen molar-refractivity contribution in [1.29, 1.82) is 0 Å². The van der Waals surface area contributed by atoms with Crippen molar-refractivity contribution in [2.75, 3.05) is 6.54 Å². The van der Waals surface area contributed by atoms with E-state index in [4.69, 9.17) is 10.5 Å². The summed E-state index contributed by atoms with van der Waals surface area (Å²) >= 11 is 0. The van der Waals surface area contributed by atoms with Crippen molar-refractivity contribution in [2.24, 2.45) is 5.73 Å². The van der Waals surface area contributed by atoms with Crippen molar-refractivity contribution in [2.45, 2.75) is 13.3 Å². The van der Waals surface area contributed by atoms with Gasteiger partial charge in [-0.1, -0.05) is 24.3 Å². The van der Waals surface area contributed by atoms with Gasteiger partial charge in [0.25, 0.3) is 0 Å². The number of hydrogen-bond donors (Lipinski definition) is 1. The Balaban J connectivity index is 2.30. The van der Waals surface area contributed by atoms with Gasteiger partial charge in [-0.3, -0.25) is 0 Å². The van der Waals surface area contributed by atoms with E-state index < -0.39 is 0 Å². The van der Waals surface area contributed by atoms with E-state index in [0.29, 0.717) is 12.3 Å². The molecule has 0 heterocycles. The Bertz CT molecular complexity index is 540. The van der Waals surface area contributed by atoms with Gasteiger partial charge in [-0.25, -0.2) is 4.39 Å². The van der Waals surface area contributed by atoms with Crippen LogP contribution in [0.15, 0.2) is 42.5 Å². The molecule has 0 radical (unpaired) electrons. The Morgan fingerprint density at radius 1 is 1.11 bits per heavy atom. The molecule has 18 heavy (non-hydrogen) atoms. The molecule has 2 rings (SSSR count). The molecular formula is C15H16FNO. The lowest BCUT2D eigenvalue weighted by molar-refractivity contribution is 0.467. The zero-order chi connectivity index (χ0) is 13.0. The normalized spacial score (nSPS) is 10.4. The Morgan fingerprint density at radius 2 is 1.89 bits per heavy atom. The molecule has 0 saturated heterocycles. The Labute approximate surface area is 106 Å². The summed E-state index contributed by atoms with van der Waals surface area (Å²) in [6.45, 7) is 2.45. The average molecular weight is 245 g/mol. The molecule has 2 aromatic carbocycles.